The Morgan fingerprint density at radius 2 is 1.00 bits per heavy atom. The van der Waals surface area contributed by atoms with Crippen LogP contribution in [0.3, 0.4) is 0 Å². The molecule has 19 heavy (non-hydrogen) atoms. The first kappa shape index (κ1) is 18.2. The van der Waals surface area contributed by atoms with Crippen molar-refractivity contribution in [3.63, 3.8) is 0 Å². The molecule has 0 aliphatic carbocycles. The molecule has 0 aromatic heterocycles. The van der Waals surface area contributed by atoms with Gasteiger partial charge in [0.25, 0.3) is 0 Å². The van der Waals surface area contributed by atoms with Crippen molar-refractivity contribution in [2.75, 3.05) is 0 Å². The van der Waals surface area contributed by atoms with Crippen LogP contribution in [0.5, 0.6) is 0 Å². The van der Waals surface area contributed by atoms with Crippen molar-refractivity contribution < 1.29 is 17.9 Å². The van der Waals surface area contributed by atoms with E-state index in [1.165, 1.54) is 9.79 Å². The van der Waals surface area contributed by atoms with Crippen LogP contribution in [-0.4, -0.2) is 30.2 Å². The van der Waals surface area contributed by atoms with Gasteiger partial charge < -0.3 is 0 Å². The van der Waals surface area contributed by atoms with E-state index in [-0.39, 0.29) is 4.70 Å². The van der Waals surface area contributed by atoms with Crippen LogP contribution in [-0.2, 0) is 3.02 Å². The quantitative estimate of drug-likeness (QED) is 0.677. The van der Waals surface area contributed by atoms with Crippen LogP contribution in [0.2, 0.25) is 0 Å². The third kappa shape index (κ3) is 10.8. The third-order valence-electron chi connectivity index (χ3n) is 1.72. The minimum absolute atomic E-state index is 0. The van der Waals surface area contributed by atoms with E-state index in [2.05, 4.69) is 48.5 Å². The van der Waals surface area contributed by atoms with E-state index in [4.69, 9.17) is 13.2 Å². The third-order valence-corrected chi connectivity index (χ3v) is 2.74. The van der Waals surface area contributed by atoms with E-state index in [9.17, 15) is 0 Å². The Morgan fingerprint density at radius 1 is 0.737 bits per heavy atom. The summed E-state index contributed by atoms with van der Waals surface area (Å²) in [6.07, 6.45) is 0. The second-order valence-corrected chi connectivity index (χ2v) is 7.32. The number of hydrogen-bond acceptors (Lipinski definition) is 2. The summed E-state index contributed by atoms with van der Waals surface area (Å²) >= 11 is -3.56. The second kappa shape index (κ2) is 9.17. The summed E-state index contributed by atoms with van der Waals surface area (Å²) in [7, 11) is 0. The summed E-state index contributed by atoms with van der Waals surface area (Å²) in [5.41, 5.74) is 0. The van der Waals surface area contributed by atoms with Crippen molar-refractivity contribution in [2.45, 2.75) is 9.79 Å². The van der Waals surface area contributed by atoms with Crippen LogP contribution in [0.4, 0.5) is 4.70 Å². The molecule has 0 aliphatic rings. The van der Waals surface area contributed by atoms with Gasteiger partial charge in [-0.1, -0.05) is 48.2 Å². The van der Waals surface area contributed by atoms with Crippen molar-refractivity contribution in [1.82, 2.24) is 0 Å². The summed E-state index contributed by atoms with van der Waals surface area (Å²) in [5.74, 6) is 0. The molecule has 2 aromatic rings. The number of hydrogen-bond donors (Lipinski definition) is 3. The average molecular weight is 395 g/mol. The first-order chi connectivity index (χ1) is 8.45. The van der Waals surface area contributed by atoms with E-state index in [0.717, 1.165) is 0 Å². The molecule has 2 rings (SSSR count). The second-order valence-electron chi connectivity index (χ2n) is 3.24. The summed E-state index contributed by atoms with van der Waals surface area (Å²) in [4.78, 5) is 2.57. The van der Waals surface area contributed by atoms with Gasteiger partial charge in [-0.15, -0.1) is 0 Å². The Kier molecular flexibility index (Phi) is 8.80. The molecule has 0 heterocycles. The molecule has 0 radical (unpaired) electrons. The molecule has 2 aromatic carbocycles. The van der Waals surface area contributed by atoms with Crippen molar-refractivity contribution in [2.24, 2.45) is 0 Å². The van der Waals surface area contributed by atoms with E-state index in [1.54, 1.807) is 11.8 Å². The van der Waals surface area contributed by atoms with Crippen LogP contribution >= 0.6 is 11.8 Å². The maximum absolute atomic E-state index is 8.97. The summed E-state index contributed by atoms with van der Waals surface area (Å²) in [6, 6.07) is 20.8. The molecule has 7 heteroatoms. The molecule has 3 N–H and O–H groups in total. The molecule has 0 saturated heterocycles. The number of rotatable bonds is 2. The first-order valence-electron chi connectivity index (χ1n) is 5.01. The van der Waals surface area contributed by atoms with Crippen molar-refractivity contribution >= 4 is 31.8 Å². The van der Waals surface area contributed by atoms with Gasteiger partial charge in [0.15, 0.2) is 0 Å². The van der Waals surface area contributed by atoms with Crippen LogP contribution in [0.15, 0.2) is 70.5 Å². The summed E-state index contributed by atoms with van der Waals surface area (Å²) in [5, 5.41) is 0. The molecule has 0 bridgehead atoms. The Hall–Kier alpha value is -0.782. The number of halogens is 1. The first-order valence-corrected chi connectivity index (χ1v) is 10.3. The van der Waals surface area contributed by atoms with Gasteiger partial charge in [0, 0.05) is 9.79 Å². The van der Waals surface area contributed by atoms with Gasteiger partial charge in [0.05, 0.1) is 0 Å². The molecule has 104 valence electrons. The van der Waals surface area contributed by atoms with Crippen molar-refractivity contribution in [3.8, 4) is 0 Å². The molecule has 0 aliphatic heterocycles. The molecule has 0 atom stereocenters. The van der Waals surface area contributed by atoms with Gasteiger partial charge >= 0.3 is 33.2 Å². The van der Waals surface area contributed by atoms with Crippen LogP contribution in [0.1, 0.15) is 0 Å². The molecule has 4 nitrogen and oxygen atoms in total. The maximum Gasteiger partial charge on any atom is 0.0122 e. The topological polar surface area (TPSA) is 77.8 Å². The van der Waals surface area contributed by atoms with Gasteiger partial charge in [-0.2, -0.15) is 0 Å². The van der Waals surface area contributed by atoms with Gasteiger partial charge in [-0.3, -0.25) is 4.70 Å². The van der Waals surface area contributed by atoms with Crippen molar-refractivity contribution in [3.05, 3.63) is 60.7 Å². The Bertz CT molecular complexity index is 458. The fourth-order valence-electron chi connectivity index (χ4n) is 1.11. The van der Waals surface area contributed by atoms with Gasteiger partial charge in [0.1, 0.15) is 0 Å². The maximum atomic E-state index is 8.97. The number of benzene rings is 2. The summed E-state index contributed by atoms with van der Waals surface area (Å²) < 4.78 is 30.8. The largest absolute Gasteiger partial charge is 0.0901 e. The van der Waals surface area contributed by atoms with E-state index < -0.39 is 20.1 Å². The zero-order chi connectivity index (χ0) is 13.4. The molecular weight excluding hydrogens is 381 g/mol. The van der Waals surface area contributed by atoms with Crippen LogP contribution in [0, 0.1) is 0 Å². The predicted molar refractivity (Wildman–Crippen MR) is 72.6 cm³/mol. The van der Waals surface area contributed by atoms with E-state index >= 15 is 0 Å². The molecule has 0 fully saturated rings. The average Bonchev–Trinajstić information content (AvgIpc) is 2.29. The van der Waals surface area contributed by atoms with Gasteiger partial charge in [0.2, 0.25) is 0 Å². The van der Waals surface area contributed by atoms with Gasteiger partial charge in [-0.25, -0.2) is 0 Å². The predicted octanol–water partition coefficient (Wildman–Crippen LogP) is 1.82. The van der Waals surface area contributed by atoms with Gasteiger partial charge in [-0.05, 0) is 24.3 Å². The van der Waals surface area contributed by atoms with E-state index in [0.29, 0.717) is 0 Å². The Morgan fingerprint density at radius 3 is 1.26 bits per heavy atom. The zero-order valence-corrected chi connectivity index (χ0v) is 13.2. The Balaban J connectivity index is 0.000000471. The fraction of sp³-hybridized carbons (Fsp3) is 0. The van der Waals surface area contributed by atoms with Crippen LogP contribution < -0.4 is 0 Å². The molecular formula is C12H14FO4SSb. The minimum atomic E-state index is -5.35. The standard InChI is InChI=1S/C12H10S.FH.3H2O.O.Sb/c1-3-7-11(8-4-1)13-12-9-5-2-6-10-12;;;;;;/h1-10H;1H;3*1H2;;/q;;;;;;+3/p-3. The van der Waals surface area contributed by atoms with Crippen molar-refractivity contribution in [1.29, 1.82) is 0 Å². The molecule has 0 saturated carbocycles. The normalized spacial score (nSPS) is 9.84. The van der Waals surface area contributed by atoms with E-state index in [1.807, 2.05) is 12.1 Å². The molecule has 0 spiro atoms. The van der Waals surface area contributed by atoms with Crippen LogP contribution in [0.25, 0.3) is 0 Å². The fourth-order valence-corrected chi connectivity index (χ4v) is 1.97. The SMILES string of the molecule is F.[O]=[Sb]([OH])([OH])[OH].c1ccc(Sc2ccccc2)cc1. The monoisotopic (exact) mass is 394 g/mol. The molecule has 0 unspecified atom stereocenters. The molecule has 0 amide bonds. The smallest absolute Gasteiger partial charge is 0.0122 e. The minimum Gasteiger partial charge on any atom is -0.0901 e. The zero-order valence-electron chi connectivity index (χ0n) is 9.79. The summed E-state index contributed by atoms with van der Waals surface area (Å²) in [6.45, 7) is 0. The Labute approximate surface area is 120 Å².